The molecule has 5 heteroatoms. The zero-order valence-electron chi connectivity index (χ0n) is 11.7. The average molecular weight is 279 g/mol. The highest BCUT2D eigenvalue weighted by atomic mass is 19.3. The van der Waals surface area contributed by atoms with Crippen molar-refractivity contribution in [3.63, 3.8) is 0 Å². The molecule has 0 bridgehead atoms. The van der Waals surface area contributed by atoms with Crippen LogP contribution in [0.3, 0.4) is 0 Å². The number of alkyl halides is 2. The lowest BCUT2D eigenvalue weighted by Crippen LogP contribution is -2.15. The fourth-order valence-electron chi connectivity index (χ4n) is 2.05. The highest BCUT2D eigenvalue weighted by Crippen LogP contribution is 2.25. The maximum atomic E-state index is 13.3. The first-order valence-corrected chi connectivity index (χ1v) is 6.76. The summed E-state index contributed by atoms with van der Waals surface area (Å²) in [7, 11) is 0. The second-order valence-corrected chi connectivity index (χ2v) is 4.78. The number of benzene rings is 1. The van der Waals surface area contributed by atoms with E-state index < -0.39 is 6.43 Å². The molecule has 1 heterocycles. The number of hydrogen-bond acceptors (Lipinski definition) is 2. The van der Waals surface area contributed by atoms with Crippen molar-refractivity contribution >= 4 is 0 Å². The predicted octanol–water partition coefficient (Wildman–Crippen LogP) is 3.62. The number of aryl methyl sites for hydroxylation is 1. The molecule has 0 aliphatic carbocycles. The lowest BCUT2D eigenvalue weighted by Gasteiger charge is -2.09. The lowest BCUT2D eigenvalue weighted by atomic mass is 10.2. The Morgan fingerprint density at radius 3 is 2.55 bits per heavy atom. The third-order valence-electron chi connectivity index (χ3n) is 3.11. The molecule has 3 nitrogen and oxygen atoms in total. The van der Waals surface area contributed by atoms with Crippen LogP contribution < -0.4 is 5.32 Å². The Kier molecular flexibility index (Phi) is 4.84. The van der Waals surface area contributed by atoms with Gasteiger partial charge in [0.15, 0.2) is 0 Å². The highest BCUT2D eigenvalue weighted by molar-refractivity contribution is 5.37. The Balaban J connectivity index is 2.31. The molecule has 2 aromatic rings. The number of aromatic nitrogens is 2. The summed E-state index contributed by atoms with van der Waals surface area (Å²) in [5, 5.41) is 7.25. The lowest BCUT2D eigenvalue weighted by molar-refractivity contribution is 0.141. The summed E-state index contributed by atoms with van der Waals surface area (Å²) in [6, 6.07) is 7.39. The quantitative estimate of drug-likeness (QED) is 0.818. The molecule has 20 heavy (non-hydrogen) atoms. The summed E-state index contributed by atoms with van der Waals surface area (Å²) in [4.78, 5) is 0. The minimum absolute atomic E-state index is 0.0301. The molecule has 0 aliphatic rings. The van der Waals surface area contributed by atoms with Gasteiger partial charge in [0.1, 0.15) is 5.69 Å². The van der Waals surface area contributed by atoms with Gasteiger partial charge in [-0.1, -0.05) is 24.6 Å². The fourth-order valence-corrected chi connectivity index (χ4v) is 2.05. The van der Waals surface area contributed by atoms with Crippen LogP contribution in [-0.4, -0.2) is 16.3 Å². The third kappa shape index (κ3) is 3.22. The van der Waals surface area contributed by atoms with Gasteiger partial charge in [-0.3, -0.25) is 0 Å². The van der Waals surface area contributed by atoms with E-state index in [-0.39, 0.29) is 5.69 Å². The first-order valence-electron chi connectivity index (χ1n) is 6.76. The summed E-state index contributed by atoms with van der Waals surface area (Å²) in [6.07, 6.45) is -0.0580. The van der Waals surface area contributed by atoms with E-state index >= 15 is 0 Å². The molecular formula is C15H19F2N3. The molecule has 0 aliphatic heterocycles. The van der Waals surface area contributed by atoms with Crippen molar-refractivity contribution in [1.82, 2.24) is 15.1 Å². The maximum absolute atomic E-state index is 13.3. The van der Waals surface area contributed by atoms with Gasteiger partial charge in [0, 0.05) is 12.1 Å². The Hall–Kier alpha value is -1.75. The van der Waals surface area contributed by atoms with Crippen molar-refractivity contribution in [2.45, 2.75) is 33.2 Å². The highest BCUT2D eigenvalue weighted by Gasteiger charge is 2.20. The minimum atomic E-state index is -2.54. The van der Waals surface area contributed by atoms with Crippen LogP contribution in [0.15, 0.2) is 30.5 Å². The van der Waals surface area contributed by atoms with Crippen molar-refractivity contribution in [2.24, 2.45) is 0 Å². The van der Waals surface area contributed by atoms with Gasteiger partial charge >= 0.3 is 0 Å². The van der Waals surface area contributed by atoms with Crippen LogP contribution in [0.25, 0.3) is 5.69 Å². The number of hydrogen-bond donors (Lipinski definition) is 1. The number of nitrogens with one attached hydrogen (secondary N) is 1. The van der Waals surface area contributed by atoms with Gasteiger partial charge in [-0.2, -0.15) is 5.10 Å². The second kappa shape index (κ2) is 6.61. The Morgan fingerprint density at radius 1 is 1.25 bits per heavy atom. The summed E-state index contributed by atoms with van der Waals surface area (Å²) in [5.74, 6) is 0. The molecule has 0 radical (unpaired) electrons. The summed E-state index contributed by atoms with van der Waals surface area (Å²) in [6.45, 7) is 5.22. The minimum Gasteiger partial charge on any atom is -0.313 e. The van der Waals surface area contributed by atoms with Crippen molar-refractivity contribution in [3.8, 4) is 5.69 Å². The van der Waals surface area contributed by atoms with Crippen LogP contribution in [0.5, 0.6) is 0 Å². The van der Waals surface area contributed by atoms with Gasteiger partial charge in [-0.05, 0) is 32.0 Å². The fraction of sp³-hybridized carbons (Fsp3) is 0.400. The molecular weight excluding hydrogens is 260 g/mol. The smallest absolute Gasteiger partial charge is 0.280 e. The molecule has 108 valence electrons. The van der Waals surface area contributed by atoms with Crippen LogP contribution in [0.1, 0.15) is 36.6 Å². The van der Waals surface area contributed by atoms with E-state index in [2.05, 4.69) is 10.4 Å². The van der Waals surface area contributed by atoms with E-state index in [1.54, 1.807) is 12.1 Å². The summed E-state index contributed by atoms with van der Waals surface area (Å²) >= 11 is 0. The molecule has 0 saturated heterocycles. The Labute approximate surface area is 117 Å². The van der Waals surface area contributed by atoms with E-state index in [9.17, 15) is 8.78 Å². The molecule has 1 aromatic carbocycles. The zero-order chi connectivity index (χ0) is 14.5. The molecule has 1 N–H and O–H groups in total. The van der Waals surface area contributed by atoms with Crippen LogP contribution >= 0.6 is 0 Å². The Bertz CT molecular complexity index is 547. The van der Waals surface area contributed by atoms with Crippen molar-refractivity contribution in [1.29, 1.82) is 0 Å². The standard InChI is InChI=1S/C15H19F2N3/c1-3-8-18-9-12-10-19-20(14(12)15(16)17)13-6-4-11(2)5-7-13/h4-7,10,15,18H,3,8-9H2,1-2H3. The molecule has 1 aromatic heterocycles. The van der Waals surface area contributed by atoms with Crippen LogP contribution in [-0.2, 0) is 6.54 Å². The van der Waals surface area contributed by atoms with E-state index in [1.807, 2.05) is 26.0 Å². The van der Waals surface area contributed by atoms with Gasteiger partial charge < -0.3 is 5.32 Å². The van der Waals surface area contributed by atoms with Crippen LogP contribution in [0.4, 0.5) is 8.78 Å². The van der Waals surface area contributed by atoms with Crippen LogP contribution in [0.2, 0.25) is 0 Å². The first-order chi connectivity index (χ1) is 9.63. The summed E-state index contributed by atoms with van der Waals surface area (Å²) < 4.78 is 27.9. The first kappa shape index (κ1) is 14.7. The molecule has 0 spiro atoms. The van der Waals surface area contributed by atoms with Gasteiger partial charge in [-0.15, -0.1) is 0 Å². The number of halogens is 2. The van der Waals surface area contributed by atoms with E-state index in [1.165, 1.54) is 10.9 Å². The van der Waals surface area contributed by atoms with Crippen LogP contribution in [0, 0.1) is 6.92 Å². The molecule has 0 amide bonds. The molecule has 0 fully saturated rings. The van der Waals surface area contributed by atoms with Gasteiger partial charge in [0.2, 0.25) is 0 Å². The molecule has 0 saturated carbocycles. The largest absolute Gasteiger partial charge is 0.313 e. The molecule has 2 rings (SSSR count). The van der Waals surface area contributed by atoms with Crippen molar-refractivity contribution < 1.29 is 8.78 Å². The zero-order valence-corrected chi connectivity index (χ0v) is 11.7. The van der Waals surface area contributed by atoms with Gasteiger partial charge in [0.05, 0.1) is 11.9 Å². The van der Waals surface area contributed by atoms with Gasteiger partial charge in [-0.25, -0.2) is 13.5 Å². The van der Waals surface area contributed by atoms with E-state index in [0.29, 0.717) is 17.8 Å². The number of nitrogens with zero attached hydrogens (tertiary/aromatic N) is 2. The normalized spacial score (nSPS) is 11.2. The second-order valence-electron chi connectivity index (χ2n) is 4.78. The maximum Gasteiger partial charge on any atom is 0.280 e. The third-order valence-corrected chi connectivity index (χ3v) is 3.11. The Morgan fingerprint density at radius 2 is 1.95 bits per heavy atom. The monoisotopic (exact) mass is 279 g/mol. The van der Waals surface area contributed by atoms with E-state index in [0.717, 1.165) is 18.5 Å². The van der Waals surface area contributed by atoms with Gasteiger partial charge in [0.25, 0.3) is 6.43 Å². The summed E-state index contributed by atoms with van der Waals surface area (Å²) in [5.41, 5.74) is 2.27. The topological polar surface area (TPSA) is 29.9 Å². The number of rotatable bonds is 6. The van der Waals surface area contributed by atoms with E-state index in [4.69, 9.17) is 0 Å². The average Bonchev–Trinajstić information content (AvgIpc) is 2.84. The van der Waals surface area contributed by atoms with Crippen molar-refractivity contribution in [3.05, 3.63) is 47.3 Å². The SMILES string of the molecule is CCCNCc1cnn(-c2ccc(C)cc2)c1C(F)F. The molecule has 0 unspecified atom stereocenters. The molecule has 0 atom stereocenters. The van der Waals surface area contributed by atoms with Crippen molar-refractivity contribution in [2.75, 3.05) is 6.54 Å². The predicted molar refractivity (Wildman–Crippen MR) is 75.3 cm³/mol.